The Morgan fingerprint density at radius 2 is 2.12 bits per heavy atom. The molecular weight excluding hydrogens is 282 g/mol. The van der Waals surface area contributed by atoms with Crippen LogP contribution in [0.4, 0.5) is 0 Å². The van der Waals surface area contributed by atoms with Crippen molar-refractivity contribution in [2.45, 2.75) is 26.0 Å². The summed E-state index contributed by atoms with van der Waals surface area (Å²) < 4.78 is 2.65. The quantitative estimate of drug-likeness (QED) is 0.942. The smallest absolute Gasteiger partial charge is 0.101 e. The molecule has 4 nitrogen and oxygen atoms in total. The zero-order chi connectivity index (χ0) is 12.3. The molecule has 17 heavy (non-hydrogen) atoms. The van der Waals surface area contributed by atoms with E-state index in [9.17, 15) is 5.11 Å². The lowest BCUT2D eigenvalue weighted by molar-refractivity contribution is 0.166. The fraction of sp³-hybridized carbons (Fsp3) is 0.333. The van der Waals surface area contributed by atoms with Crippen molar-refractivity contribution in [2.75, 3.05) is 0 Å². The van der Waals surface area contributed by atoms with Crippen LogP contribution < -0.4 is 0 Å². The Balaban J connectivity index is 2.20. The summed E-state index contributed by atoms with van der Waals surface area (Å²) in [5.74, 6) is 0. The molecule has 0 aliphatic heterocycles. The first-order chi connectivity index (χ1) is 8.22. The van der Waals surface area contributed by atoms with Crippen molar-refractivity contribution in [3.63, 3.8) is 0 Å². The number of nitrogens with zero attached hydrogens (tertiary/aromatic N) is 3. The van der Waals surface area contributed by atoms with Crippen LogP contribution in [-0.2, 0) is 13.0 Å². The van der Waals surface area contributed by atoms with Gasteiger partial charge < -0.3 is 5.11 Å². The first kappa shape index (κ1) is 12.3. The van der Waals surface area contributed by atoms with Gasteiger partial charge >= 0.3 is 0 Å². The van der Waals surface area contributed by atoms with Crippen LogP contribution in [0.2, 0.25) is 0 Å². The number of halogens is 1. The molecular formula is C12H14BrN3O. The number of aromatic nitrogens is 3. The van der Waals surface area contributed by atoms with Crippen LogP contribution in [0.25, 0.3) is 0 Å². The molecule has 1 atom stereocenters. The second kappa shape index (κ2) is 5.42. The van der Waals surface area contributed by atoms with E-state index in [1.807, 2.05) is 19.1 Å². The van der Waals surface area contributed by atoms with Gasteiger partial charge in [-0.1, -0.05) is 0 Å². The lowest BCUT2D eigenvalue weighted by Gasteiger charge is -2.13. The molecule has 0 saturated carbocycles. The van der Waals surface area contributed by atoms with Crippen LogP contribution in [0.3, 0.4) is 0 Å². The molecule has 0 amide bonds. The highest BCUT2D eigenvalue weighted by Gasteiger charge is 2.17. The highest BCUT2D eigenvalue weighted by atomic mass is 79.9. The molecule has 2 aromatic heterocycles. The SMILES string of the molecule is CCn1ncc(Br)c1C(O)Cc1ccncc1. The average molecular weight is 296 g/mol. The van der Waals surface area contributed by atoms with Gasteiger partial charge in [-0.05, 0) is 40.5 Å². The standard InChI is InChI=1S/C12H14BrN3O/c1-2-16-12(10(13)8-15-16)11(17)7-9-3-5-14-6-4-9/h3-6,8,11,17H,2,7H2,1H3. The first-order valence-corrected chi connectivity index (χ1v) is 6.29. The number of aliphatic hydroxyl groups excluding tert-OH is 1. The summed E-state index contributed by atoms with van der Waals surface area (Å²) in [4.78, 5) is 3.96. The fourth-order valence-corrected chi connectivity index (χ4v) is 2.35. The van der Waals surface area contributed by atoms with Crippen LogP contribution >= 0.6 is 15.9 Å². The molecule has 5 heteroatoms. The number of hydrogen-bond donors (Lipinski definition) is 1. The van der Waals surface area contributed by atoms with E-state index in [4.69, 9.17) is 0 Å². The van der Waals surface area contributed by atoms with Gasteiger partial charge in [-0.3, -0.25) is 9.67 Å². The zero-order valence-electron chi connectivity index (χ0n) is 9.55. The predicted octanol–water partition coefficient (Wildman–Crippen LogP) is 2.34. The van der Waals surface area contributed by atoms with Gasteiger partial charge in [0.1, 0.15) is 6.10 Å². The van der Waals surface area contributed by atoms with Gasteiger partial charge in [0.2, 0.25) is 0 Å². The maximum Gasteiger partial charge on any atom is 0.101 e. The third kappa shape index (κ3) is 2.73. The van der Waals surface area contributed by atoms with Gasteiger partial charge in [0.15, 0.2) is 0 Å². The van der Waals surface area contributed by atoms with Gasteiger partial charge in [-0.2, -0.15) is 5.10 Å². The molecule has 0 aliphatic carbocycles. The van der Waals surface area contributed by atoms with Crippen molar-refractivity contribution < 1.29 is 5.11 Å². The monoisotopic (exact) mass is 295 g/mol. The van der Waals surface area contributed by atoms with Crippen molar-refractivity contribution in [3.8, 4) is 0 Å². The third-order valence-corrected chi connectivity index (χ3v) is 3.24. The second-order valence-corrected chi connectivity index (χ2v) is 4.62. The molecule has 0 saturated heterocycles. The third-order valence-electron chi connectivity index (χ3n) is 2.63. The molecule has 2 rings (SSSR count). The van der Waals surface area contributed by atoms with Crippen LogP contribution in [0.5, 0.6) is 0 Å². The number of aryl methyl sites for hydroxylation is 1. The van der Waals surface area contributed by atoms with E-state index < -0.39 is 6.10 Å². The normalized spacial score (nSPS) is 12.6. The molecule has 0 fully saturated rings. The molecule has 0 radical (unpaired) electrons. The van der Waals surface area contributed by atoms with Crippen molar-refractivity contribution in [1.82, 2.24) is 14.8 Å². The van der Waals surface area contributed by atoms with E-state index in [0.717, 1.165) is 22.3 Å². The van der Waals surface area contributed by atoms with Crippen molar-refractivity contribution in [1.29, 1.82) is 0 Å². The lowest BCUT2D eigenvalue weighted by Crippen LogP contribution is -2.10. The van der Waals surface area contributed by atoms with Crippen molar-refractivity contribution in [3.05, 3.63) is 46.5 Å². The summed E-state index contributed by atoms with van der Waals surface area (Å²) in [6, 6.07) is 3.81. The molecule has 0 bridgehead atoms. The van der Waals surface area contributed by atoms with Crippen LogP contribution in [0.15, 0.2) is 35.2 Å². The van der Waals surface area contributed by atoms with Crippen LogP contribution in [0.1, 0.15) is 24.3 Å². The number of aliphatic hydroxyl groups is 1. The van der Waals surface area contributed by atoms with Gasteiger partial charge in [0.05, 0.1) is 16.4 Å². The number of pyridine rings is 1. The van der Waals surface area contributed by atoms with E-state index in [0.29, 0.717) is 6.42 Å². The summed E-state index contributed by atoms with van der Waals surface area (Å²) in [6.45, 7) is 2.75. The largest absolute Gasteiger partial charge is 0.386 e. The Morgan fingerprint density at radius 3 is 2.76 bits per heavy atom. The van der Waals surface area contributed by atoms with Crippen molar-refractivity contribution >= 4 is 15.9 Å². The highest BCUT2D eigenvalue weighted by Crippen LogP contribution is 2.25. The summed E-state index contributed by atoms with van der Waals surface area (Å²) >= 11 is 3.42. The van der Waals surface area contributed by atoms with Gasteiger partial charge in [0, 0.05) is 25.4 Å². The maximum absolute atomic E-state index is 10.2. The Labute approximate surface area is 108 Å². The van der Waals surface area contributed by atoms with E-state index >= 15 is 0 Å². The van der Waals surface area contributed by atoms with E-state index in [-0.39, 0.29) is 0 Å². The number of rotatable bonds is 4. The molecule has 2 aromatic rings. The topological polar surface area (TPSA) is 50.9 Å². The fourth-order valence-electron chi connectivity index (χ4n) is 1.79. The van der Waals surface area contributed by atoms with Gasteiger partial charge in [-0.15, -0.1) is 0 Å². The van der Waals surface area contributed by atoms with E-state index in [1.54, 1.807) is 23.3 Å². The minimum Gasteiger partial charge on any atom is -0.386 e. The Kier molecular flexibility index (Phi) is 3.91. The Bertz CT molecular complexity index is 484. The highest BCUT2D eigenvalue weighted by molar-refractivity contribution is 9.10. The van der Waals surface area contributed by atoms with Crippen molar-refractivity contribution in [2.24, 2.45) is 0 Å². The molecule has 0 spiro atoms. The molecule has 0 aromatic carbocycles. The molecule has 90 valence electrons. The minimum absolute atomic E-state index is 0.561. The Hall–Kier alpha value is -1.20. The summed E-state index contributed by atoms with van der Waals surface area (Å²) in [5.41, 5.74) is 1.88. The summed E-state index contributed by atoms with van der Waals surface area (Å²) in [5, 5.41) is 14.4. The Morgan fingerprint density at radius 1 is 1.41 bits per heavy atom. The zero-order valence-corrected chi connectivity index (χ0v) is 11.1. The minimum atomic E-state index is -0.561. The molecule has 2 heterocycles. The molecule has 0 aliphatic rings. The average Bonchev–Trinajstić information content (AvgIpc) is 2.71. The summed E-state index contributed by atoms with van der Waals surface area (Å²) in [7, 11) is 0. The van der Waals surface area contributed by atoms with Crippen LogP contribution in [-0.4, -0.2) is 19.9 Å². The van der Waals surface area contributed by atoms with E-state index in [1.165, 1.54) is 0 Å². The first-order valence-electron chi connectivity index (χ1n) is 5.50. The number of hydrogen-bond acceptors (Lipinski definition) is 3. The summed E-state index contributed by atoms with van der Waals surface area (Å²) in [6.07, 6.45) is 5.18. The second-order valence-electron chi connectivity index (χ2n) is 3.77. The molecule has 1 N–H and O–H groups in total. The lowest BCUT2D eigenvalue weighted by atomic mass is 10.1. The van der Waals surface area contributed by atoms with Gasteiger partial charge in [0.25, 0.3) is 0 Å². The molecule has 1 unspecified atom stereocenters. The maximum atomic E-state index is 10.2. The van der Waals surface area contributed by atoms with E-state index in [2.05, 4.69) is 26.0 Å². The predicted molar refractivity (Wildman–Crippen MR) is 68.5 cm³/mol. The van der Waals surface area contributed by atoms with Crippen LogP contribution in [0, 0.1) is 0 Å². The van der Waals surface area contributed by atoms with Gasteiger partial charge in [-0.25, -0.2) is 0 Å².